The fraction of sp³-hybridized carbons (Fsp3) is 0.304. The van der Waals surface area contributed by atoms with Crippen molar-refractivity contribution in [3.63, 3.8) is 0 Å². The van der Waals surface area contributed by atoms with Gasteiger partial charge in [0.05, 0.1) is 5.54 Å². The molecule has 0 saturated heterocycles. The Hall–Kier alpha value is -3.60. The molecule has 1 amide bonds. The highest BCUT2D eigenvalue weighted by atomic mass is 35.5. The Morgan fingerprint density at radius 3 is 2.29 bits per heavy atom. The van der Waals surface area contributed by atoms with Crippen molar-refractivity contribution < 1.29 is 22.7 Å². The van der Waals surface area contributed by atoms with E-state index >= 15 is 0 Å². The van der Waals surface area contributed by atoms with Crippen LogP contribution in [0.25, 0.3) is 0 Å². The maximum atomic E-state index is 12.7. The molecule has 12 heteroatoms. The molecule has 1 aromatic heterocycles. The predicted octanol–water partition coefficient (Wildman–Crippen LogP) is 5.06. The molecule has 184 valence electrons. The summed E-state index contributed by atoms with van der Waals surface area (Å²) in [5.74, 6) is -0.172. The van der Waals surface area contributed by atoms with Crippen LogP contribution in [-0.2, 0) is 5.54 Å². The van der Waals surface area contributed by atoms with Gasteiger partial charge in [-0.2, -0.15) is 28.1 Å². The number of alkyl halides is 3. The molecule has 35 heavy (non-hydrogen) atoms. The molecule has 3 aromatic rings. The number of anilines is 3. The van der Waals surface area contributed by atoms with Crippen molar-refractivity contribution in [2.75, 3.05) is 23.8 Å². The number of amides is 1. The van der Waals surface area contributed by atoms with Crippen LogP contribution in [0.2, 0.25) is 5.02 Å². The average molecular weight is 507 g/mol. The third kappa shape index (κ3) is 6.50. The monoisotopic (exact) mass is 506 g/mol. The minimum atomic E-state index is -4.55. The average Bonchev–Trinajstić information content (AvgIpc) is 3.58. The van der Waals surface area contributed by atoms with Gasteiger partial charge in [-0.05, 0) is 61.7 Å². The fourth-order valence-electron chi connectivity index (χ4n) is 3.37. The number of hydrogen-bond donors (Lipinski definition) is 3. The standard InChI is InChI=1S/C23H22ClF3N6O2/c1-2-28-18(34)14-3-9-17(10-4-14)29-19-30-20(32-21(31-19)35-13-23(25,26)27)33-22(11-12-22)15-5-7-16(24)8-6-15/h3-10H,2,11-13H2,1H3,(H,28,34)(H2,29,30,31,32,33). The van der Waals surface area contributed by atoms with Crippen molar-refractivity contribution >= 4 is 35.1 Å². The molecule has 2 aromatic carbocycles. The summed E-state index contributed by atoms with van der Waals surface area (Å²) in [6.07, 6.45) is -2.99. The maximum Gasteiger partial charge on any atom is 0.422 e. The Morgan fingerprint density at radius 1 is 1.03 bits per heavy atom. The van der Waals surface area contributed by atoms with E-state index in [0.29, 0.717) is 22.8 Å². The lowest BCUT2D eigenvalue weighted by molar-refractivity contribution is -0.154. The molecular weight excluding hydrogens is 485 g/mol. The third-order valence-corrected chi connectivity index (χ3v) is 5.47. The van der Waals surface area contributed by atoms with Crippen LogP contribution in [-0.4, -0.2) is 40.2 Å². The second-order valence-corrected chi connectivity index (χ2v) is 8.38. The summed E-state index contributed by atoms with van der Waals surface area (Å²) >= 11 is 5.98. The highest BCUT2D eigenvalue weighted by Gasteiger charge is 2.45. The van der Waals surface area contributed by atoms with Crippen molar-refractivity contribution in [2.45, 2.75) is 31.5 Å². The zero-order chi connectivity index (χ0) is 25.1. The molecule has 4 rings (SSSR count). The number of ether oxygens (including phenoxy) is 1. The Bertz CT molecular complexity index is 1190. The first-order valence-corrected chi connectivity index (χ1v) is 11.2. The Morgan fingerprint density at radius 2 is 1.69 bits per heavy atom. The second kappa shape index (κ2) is 9.95. The van der Waals surface area contributed by atoms with Crippen molar-refractivity contribution in [1.82, 2.24) is 20.3 Å². The Labute approximate surface area is 204 Å². The lowest BCUT2D eigenvalue weighted by atomic mass is 10.1. The molecular formula is C23H22ClF3N6O2. The van der Waals surface area contributed by atoms with Crippen LogP contribution in [0.1, 0.15) is 35.7 Å². The first kappa shape index (κ1) is 24.5. The second-order valence-electron chi connectivity index (χ2n) is 7.94. The Kier molecular flexibility index (Phi) is 6.97. The molecule has 0 aliphatic heterocycles. The summed E-state index contributed by atoms with van der Waals surface area (Å²) in [5, 5.41) is 9.42. The van der Waals surface area contributed by atoms with Crippen molar-refractivity contribution in [3.05, 3.63) is 64.7 Å². The number of benzene rings is 2. The van der Waals surface area contributed by atoms with Gasteiger partial charge in [-0.15, -0.1) is 0 Å². The van der Waals surface area contributed by atoms with Gasteiger partial charge in [0.2, 0.25) is 11.9 Å². The summed E-state index contributed by atoms with van der Waals surface area (Å²) in [7, 11) is 0. The van der Waals surface area contributed by atoms with Gasteiger partial charge in [0.25, 0.3) is 5.91 Å². The van der Waals surface area contributed by atoms with Gasteiger partial charge in [-0.3, -0.25) is 4.79 Å². The van der Waals surface area contributed by atoms with Crippen LogP contribution in [0.15, 0.2) is 48.5 Å². The number of hydrogen-bond acceptors (Lipinski definition) is 7. The number of nitrogens with zero attached hydrogens (tertiary/aromatic N) is 3. The lowest BCUT2D eigenvalue weighted by Gasteiger charge is -2.19. The zero-order valence-electron chi connectivity index (χ0n) is 18.6. The van der Waals surface area contributed by atoms with Gasteiger partial charge in [0.1, 0.15) is 0 Å². The molecule has 0 radical (unpaired) electrons. The normalized spacial score (nSPS) is 14.2. The smallest absolute Gasteiger partial charge is 0.422 e. The van der Waals surface area contributed by atoms with Crippen LogP contribution in [0.3, 0.4) is 0 Å². The van der Waals surface area contributed by atoms with Gasteiger partial charge in [0.15, 0.2) is 6.61 Å². The van der Waals surface area contributed by atoms with Crippen LogP contribution >= 0.6 is 11.6 Å². The van der Waals surface area contributed by atoms with Gasteiger partial charge in [-0.25, -0.2) is 0 Å². The van der Waals surface area contributed by atoms with Crippen LogP contribution in [0.4, 0.5) is 30.8 Å². The number of carbonyl (C=O) groups excluding carboxylic acids is 1. The molecule has 0 unspecified atom stereocenters. The molecule has 3 N–H and O–H groups in total. The molecule has 8 nitrogen and oxygen atoms in total. The van der Waals surface area contributed by atoms with E-state index in [9.17, 15) is 18.0 Å². The zero-order valence-corrected chi connectivity index (χ0v) is 19.4. The molecule has 1 aliphatic carbocycles. The summed E-state index contributed by atoms with van der Waals surface area (Å²) in [5.41, 5.74) is 1.48. The molecule has 0 spiro atoms. The highest BCUT2D eigenvalue weighted by Crippen LogP contribution is 2.48. The third-order valence-electron chi connectivity index (χ3n) is 5.22. The number of halogens is 4. The van der Waals surface area contributed by atoms with E-state index in [0.717, 1.165) is 18.4 Å². The van der Waals surface area contributed by atoms with Crippen molar-refractivity contribution in [2.24, 2.45) is 0 Å². The Balaban J connectivity index is 1.57. The maximum absolute atomic E-state index is 12.7. The minimum absolute atomic E-state index is 0.0164. The lowest BCUT2D eigenvalue weighted by Crippen LogP contribution is -2.23. The highest BCUT2D eigenvalue weighted by molar-refractivity contribution is 6.30. The van der Waals surface area contributed by atoms with E-state index in [2.05, 4.69) is 30.9 Å². The molecule has 1 fully saturated rings. The number of aromatic nitrogens is 3. The van der Waals surface area contributed by atoms with E-state index < -0.39 is 24.3 Å². The number of carbonyl (C=O) groups is 1. The minimum Gasteiger partial charge on any atom is -0.454 e. The molecule has 1 heterocycles. The number of nitrogens with one attached hydrogen (secondary N) is 3. The summed E-state index contributed by atoms with van der Waals surface area (Å²) < 4.78 is 42.9. The topological polar surface area (TPSA) is 101 Å². The summed E-state index contributed by atoms with van der Waals surface area (Å²) in [4.78, 5) is 24.3. The van der Waals surface area contributed by atoms with Crippen molar-refractivity contribution in [1.29, 1.82) is 0 Å². The van der Waals surface area contributed by atoms with E-state index in [-0.39, 0.29) is 17.8 Å². The summed E-state index contributed by atoms with van der Waals surface area (Å²) in [6.45, 7) is 0.772. The molecule has 1 saturated carbocycles. The fourth-order valence-corrected chi connectivity index (χ4v) is 3.50. The van der Waals surface area contributed by atoms with E-state index in [1.807, 2.05) is 19.1 Å². The molecule has 1 aliphatic rings. The van der Waals surface area contributed by atoms with Crippen molar-refractivity contribution in [3.8, 4) is 6.01 Å². The quantitative estimate of drug-likeness (QED) is 0.373. The van der Waals surface area contributed by atoms with Gasteiger partial charge in [0, 0.05) is 22.8 Å². The van der Waals surface area contributed by atoms with Crippen LogP contribution in [0.5, 0.6) is 6.01 Å². The van der Waals surface area contributed by atoms with Crippen LogP contribution < -0.4 is 20.7 Å². The summed E-state index contributed by atoms with van der Waals surface area (Å²) in [6, 6.07) is 13.3. The van der Waals surface area contributed by atoms with Gasteiger partial charge >= 0.3 is 12.2 Å². The molecule has 0 atom stereocenters. The first-order chi connectivity index (χ1) is 16.7. The largest absolute Gasteiger partial charge is 0.454 e. The molecule has 0 bridgehead atoms. The van der Waals surface area contributed by atoms with E-state index in [1.165, 1.54) is 0 Å². The number of rotatable bonds is 9. The van der Waals surface area contributed by atoms with Gasteiger partial charge < -0.3 is 20.7 Å². The van der Waals surface area contributed by atoms with Gasteiger partial charge in [-0.1, -0.05) is 23.7 Å². The van der Waals surface area contributed by atoms with Crippen LogP contribution in [0, 0.1) is 0 Å². The van der Waals surface area contributed by atoms with E-state index in [1.54, 1.807) is 36.4 Å². The predicted molar refractivity (Wildman–Crippen MR) is 125 cm³/mol. The van der Waals surface area contributed by atoms with E-state index in [4.69, 9.17) is 16.3 Å². The first-order valence-electron chi connectivity index (χ1n) is 10.8. The SMILES string of the molecule is CCNC(=O)c1ccc(Nc2nc(NC3(c4ccc(Cl)cc4)CC3)nc(OCC(F)(F)F)n2)cc1.